The smallest absolute Gasteiger partial charge is 0.390 e. The van der Waals surface area contributed by atoms with Gasteiger partial charge in [-0.25, -0.2) is 0 Å². The van der Waals surface area contributed by atoms with Crippen molar-refractivity contribution >= 4 is 5.91 Å². The molecule has 2 N–H and O–H groups in total. The van der Waals surface area contributed by atoms with Gasteiger partial charge in [-0.15, -0.1) is 0 Å². The average Bonchev–Trinajstić information content (AvgIpc) is 2.96. The molecule has 0 spiro atoms. The number of nitrogens with zero attached hydrogens (tertiary/aromatic N) is 2. The van der Waals surface area contributed by atoms with Gasteiger partial charge in [-0.3, -0.25) is 9.48 Å². The number of aromatic nitrogens is 2. The van der Waals surface area contributed by atoms with E-state index in [2.05, 4.69) is 28.9 Å². The van der Waals surface area contributed by atoms with E-state index >= 15 is 0 Å². The van der Waals surface area contributed by atoms with Crippen LogP contribution in [0, 0.1) is 0 Å². The van der Waals surface area contributed by atoms with Crippen LogP contribution in [-0.4, -0.2) is 28.8 Å². The molecule has 24 heavy (non-hydrogen) atoms. The molecule has 0 fully saturated rings. The van der Waals surface area contributed by atoms with Gasteiger partial charge in [-0.2, -0.15) is 18.3 Å². The second-order valence-corrected chi connectivity index (χ2v) is 4.57. The van der Waals surface area contributed by atoms with E-state index in [1.807, 2.05) is 0 Å². The maximum atomic E-state index is 13.0. The molecule has 0 saturated heterocycles. The van der Waals surface area contributed by atoms with Crippen LogP contribution in [0.15, 0.2) is 55.9 Å². The second-order valence-electron chi connectivity index (χ2n) is 4.57. The van der Waals surface area contributed by atoms with Crippen molar-refractivity contribution in [3.63, 3.8) is 0 Å². The summed E-state index contributed by atoms with van der Waals surface area (Å²) in [6.07, 6.45) is 6.00. The second kappa shape index (κ2) is 9.39. The van der Waals surface area contributed by atoms with Gasteiger partial charge >= 0.3 is 6.18 Å². The number of carbonyl (C=O) groups is 1. The number of allylic oxidation sites excluding steroid dienone is 5. The molecule has 130 valence electrons. The highest BCUT2D eigenvalue weighted by atomic mass is 19.4. The number of hydrogen-bond acceptors (Lipinski definition) is 3. The summed E-state index contributed by atoms with van der Waals surface area (Å²) in [4.78, 5) is 11.9. The third-order valence-electron chi connectivity index (χ3n) is 2.76. The lowest BCUT2D eigenvalue weighted by atomic mass is 10.2. The monoisotopic (exact) mass is 340 g/mol. The van der Waals surface area contributed by atoms with Gasteiger partial charge in [0.25, 0.3) is 5.91 Å². The third-order valence-corrected chi connectivity index (χ3v) is 2.76. The van der Waals surface area contributed by atoms with Gasteiger partial charge in [0.1, 0.15) is 0 Å². The minimum Gasteiger partial charge on any atom is -0.390 e. The quantitative estimate of drug-likeness (QED) is 0.537. The van der Waals surface area contributed by atoms with Crippen molar-refractivity contribution < 1.29 is 18.0 Å². The molecule has 0 aliphatic carbocycles. The van der Waals surface area contributed by atoms with E-state index < -0.39 is 23.3 Å². The molecule has 0 unspecified atom stereocenters. The van der Waals surface area contributed by atoms with Crippen molar-refractivity contribution in [3.05, 3.63) is 67.2 Å². The molecule has 1 aromatic rings. The van der Waals surface area contributed by atoms with E-state index in [4.69, 9.17) is 0 Å². The molecule has 0 bridgehead atoms. The molecule has 0 aromatic carbocycles. The Hall–Kier alpha value is -2.77. The number of rotatable bonds is 9. The first-order valence-electron chi connectivity index (χ1n) is 7.11. The Kier molecular flexibility index (Phi) is 7.54. The zero-order chi connectivity index (χ0) is 18.0. The highest BCUT2D eigenvalue weighted by Gasteiger charge is 2.39. The normalized spacial score (nSPS) is 11.8. The largest absolute Gasteiger partial charge is 0.435 e. The minimum absolute atomic E-state index is 0.107. The van der Waals surface area contributed by atoms with Crippen molar-refractivity contribution in [2.75, 3.05) is 13.1 Å². The number of halogens is 3. The van der Waals surface area contributed by atoms with Crippen molar-refractivity contribution in [3.8, 4) is 0 Å². The Morgan fingerprint density at radius 3 is 2.62 bits per heavy atom. The average molecular weight is 340 g/mol. The van der Waals surface area contributed by atoms with Gasteiger partial charge in [-0.05, 0) is 6.20 Å². The van der Waals surface area contributed by atoms with Crippen LogP contribution < -0.4 is 10.6 Å². The molecule has 8 heteroatoms. The Morgan fingerprint density at radius 2 is 2.00 bits per heavy atom. The highest BCUT2D eigenvalue weighted by molar-refractivity contribution is 5.95. The summed E-state index contributed by atoms with van der Waals surface area (Å²) in [5.41, 5.74) is -1.71. The van der Waals surface area contributed by atoms with Crippen LogP contribution in [0.4, 0.5) is 13.2 Å². The van der Waals surface area contributed by atoms with Crippen LogP contribution in [-0.2, 0) is 12.7 Å². The van der Waals surface area contributed by atoms with Gasteiger partial charge in [-0.1, -0.05) is 43.5 Å². The van der Waals surface area contributed by atoms with Crippen LogP contribution in [0.2, 0.25) is 0 Å². The van der Waals surface area contributed by atoms with Crippen molar-refractivity contribution in [1.82, 2.24) is 20.4 Å². The molecular formula is C16H19F3N4O. The fourth-order valence-corrected chi connectivity index (χ4v) is 1.73. The fraction of sp³-hybridized carbons (Fsp3) is 0.250. The number of alkyl halides is 3. The van der Waals surface area contributed by atoms with Crippen molar-refractivity contribution in [1.29, 1.82) is 0 Å². The molecule has 1 rings (SSSR count). The topological polar surface area (TPSA) is 59.0 Å². The van der Waals surface area contributed by atoms with Crippen LogP contribution in [0.25, 0.3) is 0 Å². The van der Waals surface area contributed by atoms with E-state index in [1.54, 1.807) is 30.4 Å². The fourth-order valence-electron chi connectivity index (χ4n) is 1.73. The molecule has 1 amide bonds. The number of carbonyl (C=O) groups excluding carboxylic acids is 1. The van der Waals surface area contributed by atoms with E-state index in [0.29, 0.717) is 6.54 Å². The van der Waals surface area contributed by atoms with Crippen molar-refractivity contribution in [2.45, 2.75) is 12.7 Å². The number of nitrogens with one attached hydrogen (secondary N) is 2. The zero-order valence-corrected chi connectivity index (χ0v) is 13.0. The van der Waals surface area contributed by atoms with Gasteiger partial charge in [0.2, 0.25) is 0 Å². The van der Waals surface area contributed by atoms with E-state index in [0.717, 1.165) is 10.9 Å². The molecule has 0 saturated carbocycles. The molecule has 0 atom stereocenters. The van der Waals surface area contributed by atoms with Gasteiger partial charge in [0, 0.05) is 19.3 Å². The lowest BCUT2D eigenvalue weighted by Gasteiger charge is -2.07. The summed E-state index contributed by atoms with van der Waals surface area (Å²) < 4.78 is 40.2. The Balaban J connectivity index is 2.86. The Morgan fingerprint density at radius 1 is 1.25 bits per heavy atom. The predicted octanol–water partition coefficient (Wildman–Crippen LogP) is 2.66. The summed E-state index contributed by atoms with van der Waals surface area (Å²) in [5, 5.41) is 8.60. The SMILES string of the molecule is C=C/C=C\C=C/Cn1cc(C(=O)NCCNC=C)c(C(F)(F)F)n1. The predicted molar refractivity (Wildman–Crippen MR) is 86.2 cm³/mol. The maximum Gasteiger partial charge on any atom is 0.435 e. The van der Waals surface area contributed by atoms with E-state index in [1.165, 1.54) is 6.20 Å². The summed E-state index contributed by atoms with van der Waals surface area (Å²) in [6, 6.07) is 0. The summed E-state index contributed by atoms with van der Waals surface area (Å²) in [6.45, 7) is 7.56. The number of hydrogen-bond donors (Lipinski definition) is 2. The Labute approximate surface area is 138 Å². The van der Waals surface area contributed by atoms with Gasteiger partial charge in [0.05, 0.1) is 12.1 Å². The van der Waals surface area contributed by atoms with E-state index in [9.17, 15) is 18.0 Å². The maximum absolute atomic E-state index is 13.0. The zero-order valence-electron chi connectivity index (χ0n) is 13.0. The molecule has 1 heterocycles. The summed E-state index contributed by atoms with van der Waals surface area (Å²) >= 11 is 0. The first-order chi connectivity index (χ1) is 11.4. The molecule has 1 aromatic heterocycles. The summed E-state index contributed by atoms with van der Waals surface area (Å²) in [5.74, 6) is -0.824. The van der Waals surface area contributed by atoms with Crippen LogP contribution in [0.3, 0.4) is 0 Å². The van der Waals surface area contributed by atoms with Crippen LogP contribution in [0.5, 0.6) is 0 Å². The van der Waals surface area contributed by atoms with Crippen molar-refractivity contribution in [2.24, 2.45) is 0 Å². The number of amides is 1. The highest BCUT2D eigenvalue weighted by Crippen LogP contribution is 2.30. The van der Waals surface area contributed by atoms with Crippen LogP contribution >= 0.6 is 0 Å². The third kappa shape index (κ3) is 6.15. The van der Waals surface area contributed by atoms with Gasteiger partial charge in [0.15, 0.2) is 5.69 Å². The lowest BCUT2D eigenvalue weighted by molar-refractivity contribution is -0.141. The van der Waals surface area contributed by atoms with E-state index in [-0.39, 0.29) is 13.1 Å². The van der Waals surface area contributed by atoms with Gasteiger partial charge < -0.3 is 10.6 Å². The molecule has 0 aliphatic rings. The first-order valence-corrected chi connectivity index (χ1v) is 7.11. The standard InChI is InChI=1S/C16H19F3N4O/c1-3-5-6-7-8-11-23-12-13(14(22-23)16(17,18)19)15(24)21-10-9-20-4-2/h3-8,12,20H,1-2,9-11H2,(H,21,24)/b6-5-,8-7-. The molecule has 0 aliphatic heterocycles. The summed E-state index contributed by atoms with van der Waals surface area (Å²) in [7, 11) is 0. The minimum atomic E-state index is -4.70. The Bertz CT molecular complexity index is 630. The first kappa shape index (κ1) is 19.3. The lowest BCUT2D eigenvalue weighted by Crippen LogP contribution is -2.31. The molecular weight excluding hydrogens is 321 g/mol. The van der Waals surface area contributed by atoms with Crippen LogP contribution in [0.1, 0.15) is 16.1 Å². The molecule has 5 nitrogen and oxygen atoms in total. The molecule has 0 radical (unpaired) electrons.